The molecular weight excluding hydrogens is 188 g/mol. The predicted octanol–water partition coefficient (Wildman–Crippen LogP) is 1.20. The van der Waals surface area contributed by atoms with Crippen LogP contribution >= 0.6 is 0 Å². The summed E-state index contributed by atoms with van der Waals surface area (Å²) in [6, 6.07) is 0. The molecule has 4 N–H and O–H groups in total. The molecule has 15 heavy (non-hydrogen) atoms. The summed E-state index contributed by atoms with van der Waals surface area (Å²) in [5, 5.41) is 0. The van der Waals surface area contributed by atoms with Gasteiger partial charge < -0.3 is 11.5 Å². The second kappa shape index (κ2) is 2.87. The summed E-state index contributed by atoms with van der Waals surface area (Å²) >= 11 is 0. The first-order valence-corrected chi connectivity index (χ1v) is 5.71. The van der Waals surface area contributed by atoms with Crippen LogP contribution in [0.15, 0.2) is 22.5 Å². The SMILES string of the molecule is NC(N)=C1C2CCC1C1=C2CCCC1=O. The smallest absolute Gasteiger partial charge is 0.159 e. The van der Waals surface area contributed by atoms with E-state index in [4.69, 9.17) is 11.5 Å². The van der Waals surface area contributed by atoms with Gasteiger partial charge in [0.25, 0.3) is 0 Å². The lowest BCUT2D eigenvalue weighted by molar-refractivity contribution is -0.116. The fourth-order valence-electron chi connectivity index (χ4n) is 3.62. The molecule has 0 aromatic carbocycles. The van der Waals surface area contributed by atoms with Crippen LogP contribution in [0.3, 0.4) is 0 Å². The molecule has 3 aliphatic carbocycles. The van der Waals surface area contributed by atoms with Gasteiger partial charge in [-0.1, -0.05) is 5.57 Å². The highest BCUT2D eigenvalue weighted by atomic mass is 16.1. The molecule has 0 aromatic heterocycles. The van der Waals surface area contributed by atoms with Crippen molar-refractivity contribution in [1.29, 1.82) is 0 Å². The van der Waals surface area contributed by atoms with Crippen LogP contribution < -0.4 is 11.5 Å². The number of nitrogens with two attached hydrogens (primary N) is 2. The van der Waals surface area contributed by atoms with E-state index in [1.54, 1.807) is 0 Å². The Hall–Kier alpha value is -1.25. The molecule has 0 amide bonds. The zero-order valence-corrected chi connectivity index (χ0v) is 8.75. The van der Waals surface area contributed by atoms with Gasteiger partial charge in [-0.05, 0) is 31.3 Å². The number of hydrogen-bond donors (Lipinski definition) is 2. The Labute approximate surface area is 89.2 Å². The van der Waals surface area contributed by atoms with Gasteiger partial charge >= 0.3 is 0 Å². The van der Waals surface area contributed by atoms with Crippen LogP contribution in [0, 0.1) is 11.8 Å². The molecule has 3 heteroatoms. The lowest BCUT2D eigenvalue weighted by Crippen LogP contribution is -2.17. The number of carbonyl (C=O) groups is 1. The van der Waals surface area contributed by atoms with Gasteiger partial charge in [0.2, 0.25) is 0 Å². The first kappa shape index (κ1) is 9.01. The number of carbonyl (C=O) groups excluding carboxylic acids is 1. The van der Waals surface area contributed by atoms with Crippen molar-refractivity contribution in [3.05, 3.63) is 22.5 Å². The molecule has 1 fully saturated rings. The van der Waals surface area contributed by atoms with Crippen molar-refractivity contribution in [3.63, 3.8) is 0 Å². The largest absolute Gasteiger partial charge is 0.386 e. The van der Waals surface area contributed by atoms with Crippen LogP contribution in [0.2, 0.25) is 0 Å². The summed E-state index contributed by atoms with van der Waals surface area (Å²) in [6.45, 7) is 0. The van der Waals surface area contributed by atoms with E-state index >= 15 is 0 Å². The summed E-state index contributed by atoms with van der Waals surface area (Å²) in [4.78, 5) is 11.9. The third-order valence-electron chi connectivity index (χ3n) is 4.09. The van der Waals surface area contributed by atoms with Gasteiger partial charge in [-0.3, -0.25) is 4.79 Å². The molecule has 1 saturated carbocycles. The average Bonchev–Trinajstić information content (AvgIpc) is 2.73. The Morgan fingerprint density at radius 3 is 2.53 bits per heavy atom. The van der Waals surface area contributed by atoms with Crippen LogP contribution in [0.25, 0.3) is 0 Å². The van der Waals surface area contributed by atoms with Crippen LogP contribution in [-0.2, 0) is 4.79 Å². The van der Waals surface area contributed by atoms with Crippen molar-refractivity contribution >= 4 is 5.78 Å². The third kappa shape index (κ3) is 1.03. The Kier molecular flexibility index (Phi) is 1.73. The minimum atomic E-state index is 0.280. The van der Waals surface area contributed by atoms with Crippen LogP contribution in [0.1, 0.15) is 32.1 Å². The summed E-state index contributed by atoms with van der Waals surface area (Å²) in [6.07, 6.45) is 5.03. The standard InChI is InChI=1S/C12H16N2O/c13-12(14)11-7-4-5-8(11)10-6(7)2-1-3-9(10)15/h7-8H,1-5,13-14H2. The predicted molar refractivity (Wildman–Crippen MR) is 57.5 cm³/mol. The molecule has 0 aliphatic heterocycles. The highest BCUT2D eigenvalue weighted by molar-refractivity contribution is 5.99. The molecule has 0 spiro atoms. The van der Waals surface area contributed by atoms with E-state index in [2.05, 4.69) is 0 Å². The summed E-state index contributed by atoms with van der Waals surface area (Å²) in [7, 11) is 0. The van der Waals surface area contributed by atoms with E-state index in [0.29, 0.717) is 17.5 Å². The van der Waals surface area contributed by atoms with E-state index in [1.165, 1.54) is 5.57 Å². The fraction of sp³-hybridized carbons (Fsp3) is 0.583. The lowest BCUT2D eigenvalue weighted by atomic mass is 9.81. The van der Waals surface area contributed by atoms with Crippen LogP contribution in [0.5, 0.6) is 0 Å². The summed E-state index contributed by atoms with van der Waals surface area (Å²) in [5.74, 6) is 1.51. The number of allylic oxidation sites excluding steroid dienone is 3. The van der Waals surface area contributed by atoms with E-state index < -0.39 is 0 Å². The van der Waals surface area contributed by atoms with E-state index in [1.807, 2.05) is 0 Å². The number of fused-ring (bicyclic) bond motifs is 4. The zero-order valence-electron chi connectivity index (χ0n) is 8.75. The first-order chi connectivity index (χ1) is 7.20. The van der Waals surface area contributed by atoms with Crippen molar-refractivity contribution in [2.75, 3.05) is 0 Å². The van der Waals surface area contributed by atoms with Gasteiger partial charge in [0.15, 0.2) is 5.78 Å². The molecule has 0 saturated heterocycles. The Balaban J connectivity index is 2.12. The summed E-state index contributed by atoms with van der Waals surface area (Å²) in [5.41, 5.74) is 15.1. The normalized spacial score (nSPS) is 33.6. The molecule has 0 radical (unpaired) electrons. The monoisotopic (exact) mass is 204 g/mol. The fourth-order valence-corrected chi connectivity index (χ4v) is 3.62. The number of Topliss-reactive ketones (excluding diaryl/α,β-unsaturated/α-hetero) is 1. The van der Waals surface area contributed by atoms with Crippen molar-refractivity contribution in [2.24, 2.45) is 23.3 Å². The lowest BCUT2D eigenvalue weighted by Gasteiger charge is -2.22. The Morgan fingerprint density at radius 2 is 1.87 bits per heavy atom. The molecule has 0 aromatic rings. The van der Waals surface area contributed by atoms with Crippen LogP contribution in [-0.4, -0.2) is 5.78 Å². The molecule has 0 heterocycles. The Morgan fingerprint density at radius 1 is 1.13 bits per heavy atom. The highest BCUT2D eigenvalue weighted by Crippen LogP contribution is 2.55. The second-order valence-electron chi connectivity index (χ2n) is 4.81. The molecule has 2 atom stereocenters. The van der Waals surface area contributed by atoms with Gasteiger partial charge in [-0.2, -0.15) is 0 Å². The maximum atomic E-state index is 11.9. The van der Waals surface area contributed by atoms with Crippen molar-refractivity contribution in [3.8, 4) is 0 Å². The molecule has 80 valence electrons. The van der Waals surface area contributed by atoms with Crippen molar-refractivity contribution < 1.29 is 4.79 Å². The molecule has 2 unspecified atom stereocenters. The minimum absolute atomic E-state index is 0.280. The molecule has 3 nitrogen and oxygen atoms in total. The average molecular weight is 204 g/mol. The minimum Gasteiger partial charge on any atom is -0.386 e. The second-order valence-corrected chi connectivity index (χ2v) is 4.81. The summed E-state index contributed by atoms with van der Waals surface area (Å²) < 4.78 is 0. The highest BCUT2D eigenvalue weighted by Gasteiger charge is 2.47. The van der Waals surface area contributed by atoms with Gasteiger partial charge in [0, 0.05) is 23.8 Å². The van der Waals surface area contributed by atoms with Gasteiger partial charge in [-0.15, -0.1) is 0 Å². The third-order valence-corrected chi connectivity index (χ3v) is 4.09. The molecule has 2 bridgehead atoms. The molecule has 3 aliphatic rings. The number of hydrogen-bond acceptors (Lipinski definition) is 3. The number of ketones is 1. The maximum Gasteiger partial charge on any atom is 0.159 e. The number of rotatable bonds is 0. The van der Waals surface area contributed by atoms with E-state index in [9.17, 15) is 4.79 Å². The zero-order chi connectivity index (χ0) is 10.6. The first-order valence-electron chi connectivity index (χ1n) is 5.71. The van der Waals surface area contributed by atoms with Crippen molar-refractivity contribution in [2.45, 2.75) is 32.1 Å². The van der Waals surface area contributed by atoms with Crippen LogP contribution in [0.4, 0.5) is 0 Å². The van der Waals surface area contributed by atoms with Crippen molar-refractivity contribution in [1.82, 2.24) is 0 Å². The quantitative estimate of drug-likeness (QED) is 0.623. The van der Waals surface area contributed by atoms with E-state index in [0.717, 1.165) is 43.3 Å². The molecule has 3 rings (SSSR count). The van der Waals surface area contributed by atoms with Gasteiger partial charge in [0.1, 0.15) is 0 Å². The van der Waals surface area contributed by atoms with Gasteiger partial charge in [-0.25, -0.2) is 0 Å². The maximum absolute atomic E-state index is 11.9. The Bertz CT molecular complexity index is 402. The van der Waals surface area contributed by atoms with E-state index in [-0.39, 0.29) is 5.92 Å². The molecular formula is C12H16N2O. The van der Waals surface area contributed by atoms with Gasteiger partial charge in [0.05, 0.1) is 5.82 Å². The topological polar surface area (TPSA) is 69.1 Å².